The van der Waals surface area contributed by atoms with Crippen LogP contribution in [-0.4, -0.2) is 36.0 Å². The molecule has 5 nitrogen and oxygen atoms in total. The fraction of sp³-hybridized carbons (Fsp3) is 0.360. The van der Waals surface area contributed by atoms with Gasteiger partial charge in [-0.3, -0.25) is 9.59 Å². The van der Waals surface area contributed by atoms with Gasteiger partial charge in [-0.2, -0.15) is 0 Å². The summed E-state index contributed by atoms with van der Waals surface area (Å²) in [5.74, 6) is -1.38. The number of carbonyl (C=O) groups excluding carboxylic acids is 2. The van der Waals surface area contributed by atoms with Crippen LogP contribution in [0.4, 0.5) is 0 Å². The van der Waals surface area contributed by atoms with Crippen LogP contribution in [0.5, 0.6) is 0 Å². The van der Waals surface area contributed by atoms with E-state index < -0.39 is 18.0 Å². The molecule has 0 spiro atoms. The van der Waals surface area contributed by atoms with E-state index in [0.29, 0.717) is 13.1 Å². The third-order valence-electron chi connectivity index (χ3n) is 5.07. The monoisotopic (exact) mass is 407 g/mol. The number of ether oxygens (including phenoxy) is 2. The molecular formula is C25H29NO4. The van der Waals surface area contributed by atoms with Crippen LogP contribution < -0.4 is 0 Å². The van der Waals surface area contributed by atoms with E-state index >= 15 is 0 Å². The van der Waals surface area contributed by atoms with Gasteiger partial charge in [0, 0.05) is 13.1 Å². The fourth-order valence-corrected chi connectivity index (χ4v) is 3.52. The summed E-state index contributed by atoms with van der Waals surface area (Å²) >= 11 is 0. The Morgan fingerprint density at radius 1 is 1.03 bits per heavy atom. The highest BCUT2D eigenvalue weighted by Crippen LogP contribution is 2.21. The van der Waals surface area contributed by atoms with Gasteiger partial charge in [0.15, 0.2) is 6.10 Å². The van der Waals surface area contributed by atoms with Gasteiger partial charge in [0.05, 0.1) is 13.2 Å². The van der Waals surface area contributed by atoms with Crippen LogP contribution in [0.15, 0.2) is 72.8 Å². The topological polar surface area (TPSA) is 55.8 Å². The van der Waals surface area contributed by atoms with Gasteiger partial charge in [-0.05, 0) is 30.9 Å². The van der Waals surface area contributed by atoms with Crippen LogP contribution in [0.25, 0.3) is 0 Å². The largest absolute Gasteiger partial charge is 0.465 e. The lowest BCUT2D eigenvalue weighted by Gasteiger charge is -2.29. The molecule has 1 aliphatic heterocycles. The molecule has 0 saturated heterocycles. The second-order valence-corrected chi connectivity index (χ2v) is 7.31. The molecule has 1 amide bonds. The Hall–Kier alpha value is -2.92. The predicted octanol–water partition coefficient (Wildman–Crippen LogP) is 4.13. The first-order valence-electron chi connectivity index (χ1n) is 10.5. The number of rotatable bonds is 7. The molecule has 3 rings (SSSR count). The van der Waals surface area contributed by atoms with Crippen molar-refractivity contribution in [3.8, 4) is 0 Å². The molecule has 2 aromatic rings. The lowest BCUT2D eigenvalue weighted by Crippen LogP contribution is -2.46. The first kappa shape index (κ1) is 21.8. The maximum Gasteiger partial charge on any atom is 0.316 e. The van der Waals surface area contributed by atoms with E-state index in [2.05, 4.69) is 0 Å². The molecule has 0 radical (unpaired) electrons. The molecule has 5 heteroatoms. The quantitative estimate of drug-likeness (QED) is 0.512. The van der Waals surface area contributed by atoms with Crippen LogP contribution in [0, 0.1) is 5.92 Å². The van der Waals surface area contributed by atoms with Gasteiger partial charge in [0.1, 0.15) is 5.92 Å². The lowest BCUT2D eigenvalue weighted by molar-refractivity contribution is -0.161. The minimum Gasteiger partial charge on any atom is -0.465 e. The Labute approximate surface area is 178 Å². The average Bonchev–Trinajstić information content (AvgIpc) is 2.84. The van der Waals surface area contributed by atoms with Gasteiger partial charge >= 0.3 is 5.97 Å². The molecule has 1 aliphatic rings. The van der Waals surface area contributed by atoms with Crippen molar-refractivity contribution in [2.24, 2.45) is 5.92 Å². The summed E-state index contributed by atoms with van der Waals surface area (Å²) in [7, 11) is 0. The van der Waals surface area contributed by atoms with Gasteiger partial charge in [-0.1, -0.05) is 72.8 Å². The SMILES string of the molecule is CCOC(=O)[C@@H]1/C=C/CCCN(Cc2ccccc2)C(=O)[C@H]1OCc1ccccc1. The predicted molar refractivity (Wildman–Crippen MR) is 115 cm³/mol. The number of nitrogens with zero attached hydrogens (tertiary/aromatic N) is 1. The third kappa shape index (κ3) is 6.04. The minimum atomic E-state index is -0.928. The highest BCUT2D eigenvalue weighted by atomic mass is 16.5. The third-order valence-corrected chi connectivity index (χ3v) is 5.07. The molecule has 0 bridgehead atoms. The highest BCUT2D eigenvalue weighted by molar-refractivity contribution is 5.88. The summed E-state index contributed by atoms with van der Waals surface area (Å²) in [6, 6.07) is 19.5. The Morgan fingerprint density at radius 2 is 1.70 bits per heavy atom. The summed E-state index contributed by atoms with van der Waals surface area (Å²) < 4.78 is 11.3. The Balaban J connectivity index is 1.86. The van der Waals surface area contributed by atoms with E-state index in [1.807, 2.05) is 66.7 Å². The van der Waals surface area contributed by atoms with Crippen molar-refractivity contribution in [1.82, 2.24) is 4.90 Å². The molecule has 0 fully saturated rings. The summed E-state index contributed by atoms with van der Waals surface area (Å²) in [6.07, 6.45) is 4.43. The number of esters is 1. The second kappa shape index (κ2) is 11.3. The molecule has 30 heavy (non-hydrogen) atoms. The zero-order valence-corrected chi connectivity index (χ0v) is 17.4. The zero-order valence-electron chi connectivity index (χ0n) is 17.4. The molecule has 2 aromatic carbocycles. The molecule has 158 valence electrons. The van der Waals surface area contributed by atoms with Crippen molar-refractivity contribution in [2.75, 3.05) is 13.2 Å². The average molecular weight is 408 g/mol. The number of allylic oxidation sites excluding steroid dienone is 1. The maximum absolute atomic E-state index is 13.6. The molecule has 2 atom stereocenters. The zero-order chi connectivity index (χ0) is 21.2. The van der Waals surface area contributed by atoms with E-state index in [4.69, 9.17) is 9.47 Å². The summed E-state index contributed by atoms with van der Waals surface area (Å²) in [5.41, 5.74) is 2.00. The van der Waals surface area contributed by atoms with Gasteiger partial charge in [-0.15, -0.1) is 0 Å². The van der Waals surface area contributed by atoms with Crippen LogP contribution in [0.3, 0.4) is 0 Å². The van der Waals surface area contributed by atoms with Crippen molar-refractivity contribution in [3.63, 3.8) is 0 Å². The van der Waals surface area contributed by atoms with Crippen LogP contribution in [0.1, 0.15) is 30.9 Å². The van der Waals surface area contributed by atoms with E-state index in [0.717, 1.165) is 24.0 Å². The van der Waals surface area contributed by atoms with Crippen LogP contribution >= 0.6 is 0 Å². The number of benzene rings is 2. The smallest absolute Gasteiger partial charge is 0.316 e. The molecule has 0 aromatic heterocycles. The molecule has 0 N–H and O–H groups in total. The van der Waals surface area contributed by atoms with Crippen LogP contribution in [-0.2, 0) is 32.2 Å². The molecule has 0 saturated carbocycles. The van der Waals surface area contributed by atoms with Gasteiger partial charge in [0.25, 0.3) is 5.91 Å². The molecule has 0 unspecified atom stereocenters. The molecule has 1 heterocycles. The van der Waals surface area contributed by atoms with E-state index in [9.17, 15) is 9.59 Å². The first-order chi connectivity index (χ1) is 14.7. The van der Waals surface area contributed by atoms with Crippen molar-refractivity contribution in [1.29, 1.82) is 0 Å². The van der Waals surface area contributed by atoms with Crippen LogP contribution in [0.2, 0.25) is 0 Å². The van der Waals surface area contributed by atoms with Gasteiger partial charge in [0.2, 0.25) is 0 Å². The van der Waals surface area contributed by atoms with Gasteiger partial charge < -0.3 is 14.4 Å². The van der Waals surface area contributed by atoms with E-state index in [1.54, 1.807) is 17.9 Å². The van der Waals surface area contributed by atoms with Crippen molar-refractivity contribution in [2.45, 2.75) is 39.0 Å². The lowest BCUT2D eigenvalue weighted by atomic mass is 10.00. The normalized spacial score (nSPS) is 20.7. The summed E-state index contributed by atoms with van der Waals surface area (Å²) in [5, 5.41) is 0. The first-order valence-corrected chi connectivity index (χ1v) is 10.5. The highest BCUT2D eigenvalue weighted by Gasteiger charge is 2.37. The molecular weight excluding hydrogens is 378 g/mol. The Kier molecular flexibility index (Phi) is 8.21. The van der Waals surface area contributed by atoms with Crippen molar-refractivity contribution < 1.29 is 19.1 Å². The summed E-state index contributed by atoms with van der Waals surface area (Å²) in [4.78, 5) is 28.0. The standard InChI is InChI=1S/C25H29NO4/c1-2-29-25(28)22-16-10-5-11-17-26(18-20-12-6-3-7-13-20)24(27)23(22)30-19-21-14-8-4-9-15-21/h3-4,6-10,12-16,22-23H,2,5,11,17-19H2,1H3/b16-10+/t22-,23+/m1/s1. The Bertz CT molecular complexity index is 835. The fourth-order valence-electron chi connectivity index (χ4n) is 3.52. The number of hydrogen-bond donors (Lipinski definition) is 0. The number of carbonyl (C=O) groups is 2. The summed E-state index contributed by atoms with van der Waals surface area (Å²) in [6.45, 7) is 3.37. The van der Waals surface area contributed by atoms with E-state index in [-0.39, 0.29) is 19.1 Å². The number of hydrogen-bond acceptors (Lipinski definition) is 4. The minimum absolute atomic E-state index is 0.181. The Morgan fingerprint density at radius 3 is 2.37 bits per heavy atom. The van der Waals surface area contributed by atoms with Crippen molar-refractivity contribution in [3.05, 3.63) is 83.9 Å². The molecule has 0 aliphatic carbocycles. The second-order valence-electron chi connectivity index (χ2n) is 7.31. The number of amides is 1. The van der Waals surface area contributed by atoms with E-state index in [1.165, 1.54) is 0 Å². The maximum atomic E-state index is 13.6. The van der Waals surface area contributed by atoms with Crippen molar-refractivity contribution >= 4 is 11.9 Å². The van der Waals surface area contributed by atoms with Gasteiger partial charge in [-0.25, -0.2) is 0 Å².